The molecule has 0 radical (unpaired) electrons. The van der Waals surface area contributed by atoms with Crippen molar-refractivity contribution < 1.29 is 14.5 Å². The van der Waals surface area contributed by atoms with Crippen molar-refractivity contribution in [2.24, 2.45) is 10.9 Å². The molecule has 1 aliphatic carbocycles. The van der Waals surface area contributed by atoms with Crippen LogP contribution in [0.25, 0.3) is 0 Å². The van der Waals surface area contributed by atoms with Crippen molar-refractivity contribution in [3.05, 3.63) is 39.9 Å². The minimum absolute atomic E-state index is 0.0614. The van der Waals surface area contributed by atoms with Crippen LogP contribution in [-0.4, -0.2) is 27.5 Å². The van der Waals surface area contributed by atoms with E-state index in [9.17, 15) is 14.9 Å². The lowest BCUT2D eigenvalue weighted by atomic mass is 10.0. The zero-order valence-corrected chi connectivity index (χ0v) is 15.3. The molecule has 0 aromatic heterocycles. The van der Waals surface area contributed by atoms with E-state index in [1.165, 1.54) is 17.8 Å². The van der Waals surface area contributed by atoms with Gasteiger partial charge in [0.2, 0.25) is 0 Å². The number of amidine groups is 1. The first-order chi connectivity index (χ1) is 11.7. The lowest BCUT2D eigenvalue weighted by molar-refractivity contribution is -0.384. The summed E-state index contributed by atoms with van der Waals surface area (Å²) in [6.07, 6.45) is 1.26. The fraction of sp³-hybridized carbons (Fsp3) is 0.529. The molecule has 7 nitrogen and oxygen atoms in total. The third-order valence-electron chi connectivity index (χ3n) is 4.24. The fourth-order valence-electron chi connectivity index (χ4n) is 3.07. The Bertz CT molecular complexity index is 744. The summed E-state index contributed by atoms with van der Waals surface area (Å²) >= 11 is 1.48. The van der Waals surface area contributed by atoms with E-state index in [-0.39, 0.29) is 5.69 Å². The van der Waals surface area contributed by atoms with Crippen molar-refractivity contribution in [3.63, 3.8) is 0 Å². The highest BCUT2D eigenvalue weighted by Crippen LogP contribution is 2.59. The average Bonchev–Trinajstić information content (AvgIpc) is 3.20. The molecule has 0 spiro atoms. The normalized spacial score (nSPS) is 25.2. The third-order valence-corrected chi connectivity index (χ3v) is 5.15. The number of non-ortho nitro benzene ring substituents is 1. The number of nitrogens with zero attached hydrogens (tertiary/aromatic N) is 2. The van der Waals surface area contributed by atoms with Crippen molar-refractivity contribution in [2.75, 3.05) is 5.75 Å². The van der Waals surface area contributed by atoms with Gasteiger partial charge in [-0.25, -0.2) is 4.79 Å². The van der Waals surface area contributed by atoms with Gasteiger partial charge in [-0.15, -0.1) is 0 Å². The van der Waals surface area contributed by atoms with Crippen molar-refractivity contribution in [1.29, 1.82) is 0 Å². The number of thioether (sulfide) groups is 1. The minimum Gasteiger partial charge on any atom is -0.444 e. The molecule has 2 atom stereocenters. The molecule has 1 aromatic rings. The molecule has 1 amide bonds. The monoisotopic (exact) mass is 363 g/mol. The number of benzene rings is 1. The third kappa shape index (κ3) is 3.95. The van der Waals surface area contributed by atoms with Gasteiger partial charge in [-0.2, -0.15) is 0 Å². The standard InChI is InChI=1S/C17H21N3O4S/c1-16(2,3)24-15(21)18-14-19-17(10-12(17)7-8-25-14)11-5-4-6-13(9-11)20(22)23/h4-6,9,12H,7-8,10H2,1-3H3,(H,18,19,21). The van der Waals surface area contributed by atoms with Gasteiger partial charge >= 0.3 is 6.09 Å². The van der Waals surface area contributed by atoms with Crippen molar-refractivity contribution in [1.82, 2.24) is 5.32 Å². The summed E-state index contributed by atoms with van der Waals surface area (Å²) < 4.78 is 5.29. The van der Waals surface area contributed by atoms with E-state index in [0.29, 0.717) is 11.1 Å². The molecule has 8 heteroatoms. The van der Waals surface area contributed by atoms with E-state index in [1.807, 2.05) is 6.07 Å². The number of carbonyl (C=O) groups is 1. The molecule has 1 fully saturated rings. The van der Waals surface area contributed by atoms with Crippen LogP contribution >= 0.6 is 11.8 Å². The van der Waals surface area contributed by atoms with Crippen LogP contribution in [0.15, 0.2) is 29.3 Å². The van der Waals surface area contributed by atoms with Gasteiger partial charge in [-0.3, -0.25) is 20.4 Å². The molecule has 134 valence electrons. The Morgan fingerprint density at radius 2 is 2.24 bits per heavy atom. The summed E-state index contributed by atoms with van der Waals surface area (Å²) in [6, 6.07) is 6.63. The summed E-state index contributed by atoms with van der Waals surface area (Å²) in [5.41, 5.74) is -0.163. The molecule has 1 N–H and O–H groups in total. The SMILES string of the molecule is CC(C)(C)OC(=O)NC1=NC2(c3cccc([N+](=O)[O-])c3)CC2CCS1. The number of alkyl carbamates (subject to hydrolysis) is 1. The van der Waals surface area contributed by atoms with Crippen molar-refractivity contribution >= 4 is 28.7 Å². The van der Waals surface area contributed by atoms with E-state index in [1.54, 1.807) is 32.9 Å². The Balaban J connectivity index is 1.85. The van der Waals surface area contributed by atoms with E-state index in [0.717, 1.165) is 24.2 Å². The number of carbonyl (C=O) groups excluding carboxylic acids is 1. The number of hydrogen-bond acceptors (Lipinski definition) is 6. The molecular weight excluding hydrogens is 342 g/mol. The highest BCUT2D eigenvalue weighted by molar-refractivity contribution is 8.13. The number of aliphatic imine (C=N–C) groups is 1. The van der Waals surface area contributed by atoms with Crippen molar-refractivity contribution in [2.45, 2.75) is 44.8 Å². The van der Waals surface area contributed by atoms with E-state index >= 15 is 0 Å². The van der Waals surface area contributed by atoms with Gasteiger partial charge in [-0.1, -0.05) is 23.9 Å². The maximum Gasteiger partial charge on any atom is 0.413 e. The van der Waals surface area contributed by atoms with E-state index < -0.39 is 22.2 Å². The van der Waals surface area contributed by atoms with Gasteiger partial charge in [0, 0.05) is 17.9 Å². The molecule has 1 saturated carbocycles. The molecule has 0 saturated heterocycles. The van der Waals surface area contributed by atoms with E-state index in [4.69, 9.17) is 9.73 Å². The second kappa shape index (κ2) is 6.33. The largest absolute Gasteiger partial charge is 0.444 e. The Morgan fingerprint density at radius 1 is 1.48 bits per heavy atom. The molecule has 2 unspecified atom stereocenters. The zero-order valence-electron chi connectivity index (χ0n) is 14.4. The summed E-state index contributed by atoms with van der Waals surface area (Å²) in [5, 5.41) is 14.3. The summed E-state index contributed by atoms with van der Waals surface area (Å²) in [4.78, 5) is 27.5. The van der Waals surface area contributed by atoms with Gasteiger partial charge < -0.3 is 4.74 Å². The molecule has 2 aliphatic rings. The summed E-state index contributed by atoms with van der Waals surface area (Å²) in [7, 11) is 0. The number of rotatable bonds is 2. The molecule has 1 aliphatic heterocycles. The average molecular weight is 363 g/mol. The quantitative estimate of drug-likeness (QED) is 0.636. The van der Waals surface area contributed by atoms with Crippen molar-refractivity contribution in [3.8, 4) is 0 Å². The van der Waals surface area contributed by atoms with Crippen LogP contribution in [0.1, 0.15) is 39.2 Å². The second-order valence-corrected chi connectivity index (χ2v) is 8.40. The highest BCUT2D eigenvalue weighted by Gasteiger charge is 2.56. The van der Waals surface area contributed by atoms with Crippen LogP contribution in [0.4, 0.5) is 10.5 Å². The Kier molecular flexibility index (Phi) is 4.49. The zero-order chi connectivity index (χ0) is 18.2. The number of ether oxygens (including phenoxy) is 1. The van der Waals surface area contributed by atoms with Crippen LogP contribution in [0.5, 0.6) is 0 Å². The van der Waals surface area contributed by atoms with Crippen LogP contribution < -0.4 is 5.32 Å². The highest BCUT2D eigenvalue weighted by atomic mass is 32.2. The number of amides is 1. The molecular formula is C17H21N3O4S. The fourth-order valence-corrected chi connectivity index (χ4v) is 4.05. The smallest absolute Gasteiger partial charge is 0.413 e. The Labute approximate surface area is 150 Å². The molecule has 1 heterocycles. The Hall–Kier alpha value is -2.09. The van der Waals surface area contributed by atoms with Crippen LogP contribution in [0, 0.1) is 16.0 Å². The van der Waals surface area contributed by atoms with Crippen LogP contribution in [0.3, 0.4) is 0 Å². The number of nitrogens with one attached hydrogen (secondary N) is 1. The molecule has 3 rings (SSSR count). The lowest BCUT2D eigenvalue weighted by Gasteiger charge is -2.20. The lowest BCUT2D eigenvalue weighted by Crippen LogP contribution is -2.35. The topological polar surface area (TPSA) is 93.8 Å². The maximum absolute atomic E-state index is 12.0. The Morgan fingerprint density at radius 3 is 2.92 bits per heavy atom. The number of fused-ring (bicyclic) bond motifs is 1. The summed E-state index contributed by atoms with van der Waals surface area (Å²) in [6.45, 7) is 5.41. The minimum atomic E-state index is -0.583. The van der Waals surface area contributed by atoms with Gasteiger partial charge in [0.05, 0.1) is 10.5 Å². The second-order valence-electron chi connectivity index (χ2n) is 7.31. The number of hydrogen-bond donors (Lipinski definition) is 1. The van der Waals surface area contributed by atoms with Gasteiger partial charge in [0.1, 0.15) is 5.60 Å². The first kappa shape index (κ1) is 17.7. The summed E-state index contributed by atoms with van der Waals surface area (Å²) in [5.74, 6) is 1.19. The van der Waals surface area contributed by atoms with Crippen LogP contribution in [0.2, 0.25) is 0 Å². The number of nitro benzene ring substituents is 1. The predicted molar refractivity (Wildman–Crippen MR) is 96.8 cm³/mol. The number of nitro groups is 1. The van der Waals surface area contributed by atoms with Gasteiger partial charge in [-0.05, 0) is 45.1 Å². The van der Waals surface area contributed by atoms with Gasteiger partial charge in [0.25, 0.3) is 5.69 Å². The first-order valence-corrected chi connectivity index (χ1v) is 9.16. The van der Waals surface area contributed by atoms with Gasteiger partial charge in [0.15, 0.2) is 5.17 Å². The molecule has 1 aromatic carbocycles. The molecule has 25 heavy (non-hydrogen) atoms. The predicted octanol–water partition coefficient (Wildman–Crippen LogP) is 3.83. The molecule has 0 bridgehead atoms. The maximum atomic E-state index is 12.0. The first-order valence-electron chi connectivity index (χ1n) is 8.17. The van der Waals surface area contributed by atoms with Crippen LogP contribution in [-0.2, 0) is 10.3 Å². The van der Waals surface area contributed by atoms with E-state index in [2.05, 4.69) is 5.32 Å².